The van der Waals surface area contributed by atoms with Crippen molar-refractivity contribution in [2.75, 3.05) is 17.9 Å². The fraction of sp³-hybridized carbons (Fsp3) is 0.278. The maximum Gasteiger partial charge on any atom is 0.275 e. The van der Waals surface area contributed by atoms with E-state index in [1.54, 1.807) is 6.92 Å². The van der Waals surface area contributed by atoms with E-state index >= 15 is 0 Å². The lowest BCUT2D eigenvalue weighted by Crippen LogP contribution is -2.36. The first-order valence-corrected chi connectivity index (χ1v) is 10.4. The van der Waals surface area contributed by atoms with Crippen molar-refractivity contribution in [1.29, 1.82) is 1.45 Å². The van der Waals surface area contributed by atoms with Gasteiger partial charge in [-0.05, 0) is 42.4 Å². The average Bonchev–Trinajstić information content (AvgIpc) is 2.74. The molecule has 1 aromatic carbocycles. The number of anilines is 1. The van der Waals surface area contributed by atoms with Crippen molar-refractivity contribution in [3.63, 3.8) is 0 Å². The standard InChI is InChI=1S/C17H21ClN6O5S.CH4.FH/c1-11-5-6-14(23-30(27,28)13-4-2-3-12(18)9-13)16(26)24(11)10-15(25)21-7-8-29-22-17(19)20;;/h2-6,9,23H,7-8,10H2,1H3,(H,21,25)(H4,19,20,22);1H4;1H/i/hT. The van der Waals surface area contributed by atoms with E-state index in [1.807, 2.05) is 0 Å². The van der Waals surface area contributed by atoms with Crippen molar-refractivity contribution < 1.29 is 22.8 Å². The number of nitrogens with one attached hydrogen (secondary N) is 2. The summed E-state index contributed by atoms with van der Waals surface area (Å²) in [6, 6.07) is 8.46. The summed E-state index contributed by atoms with van der Waals surface area (Å²) in [4.78, 5) is 29.5. The van der Waals surface area contributed by atoms with Crippen LogP contribution in [0.15, 0.2) is 51.2 Å². The molecule has 0 saturated carbocycles. The van der Waals surface area contributed by atoms with Crippen LogP contribution in [0.4, 0.5) is 10.4 Å². The van der Waals surface area contributed by atoms with Gasteiger partial charge in [-0.2, -0.15) is 0 Å². The molecule has 0 radical (unpaired) electrons. The molecule has 32 heavy (non-hydrogen) atoms. The molecule has 1 aromatic heterocycles. The Balaban J connectivity index is 0.00000332. The molecular weight excluding hydrogens is 467 g/mol. The second-order valence-electron chi connectivity index (χ2n) is 6.04. The van der Waals surface area contributed by atoms with E-state index < -0.39 is 21.5 Å². The molecule has 11 nitrogen and oxygen atoms in total. The smallest absolute Gasteiger partial charge is 0.275 e. The highest BCUT2D eigenvalue weighted by Gasteiger charge is 2.18. The number of oxime groups is 1. The molecule has 0 aliphatic carbocycles. The van der Waals surface area contributed by atoms with E-state index in [-0.39, 0.29) is 48.7 Å². The predicted octanol–water partition coefficient (Wildman–Crippen LogP) is 0.721. The summed E-state index contributed by atoms with van der Waals surface area (Å²) in [6.45, 7) is 1.42. The van der Waals surface area contributed by atoms with Crippen molar-refractivity contribution in [3.05, 3.63) is 57.5 Å². The van der Waals surface area contributed by atoms with Gasteiger partial charge in [-0.3, -0.25) is 19.0 Å². The number of sulfonamides is 1. The highest BCUT2D eigenvalue weighted by molar-refractivity contribution is 7.92. The zero-order valence-electron chi connectivity index (χ0n) is 17.3. The number of aromatic nitrogens is 1. The summed E-state index contributed by atoms with van der Waals surface area (Å²) in [5, 5.41) is 6.07. The third-order valence-corrected chi connectivity index (χ3v) is 5.33. The summed E-state index contributed by atoms with van der Waals surface area (Å²) in [7, 11) is -4.04. The number of pyridine rings is 1. The predicted molar refractivity (Wildman–Crippen MR) is 122 cm³/mol. The Hall–Kier alpha value is -3.32. The Bertz CT molecular complexity index is 1130. The van der Waals surface area contributed by atoms with E-state index in [1.165, 1.54) is 36.4 Å². The molecule has 2 rings (SSSR count). The van der Waals surface area contributed by atoms with Crippen LogP contribution in [0.25, 0.3) is 0 Å². The minimum atomic E-state index is -4.04. The van der Waals surface area contributed by atoms with Gasteiger partial charge in [0, 0.05) is 10.7 Å². The minimum Gasteiger partial charge on any atom is -0.391 e. The number of amides is 1. The molecular formula is C18H26ClFN6O5S. The highest BCUT2D eigenvalue weighted by atomic mass is 35.5. The van der Waals surface area contributed by atoms with Gasteiger partial charge < -0.3 is 26.2 Å². The number of guanidine groups is 1. The van der Waals surface area contributed by atoms with Gasteiger partial charge in [-0.25, -0.2) is 8.42 Å². The van der Waals surface area contributed by atoms with Crippen molar-refractivity contribution >= 4 is 39.2 Å². The molecule has 0 aliphatic heterocycles. The van der Waals surface area contributed by atoms with Crippen LogP contribution in [-0.4, -0.2) is 39.5 Å². The van der Waals surface area contributed by atoms with Crippen LogP contribution in [-0.2, 0) is 26.2 Å². The summed E-state index contributed by atoms with van der Waals surface area (Å²) in [6.07, 6.45) is 0. The highest BCUT2D eigenvalue weighted by Crippen LogP contribution is 2.18. The summed E-state index contributed by atoms with van der Waals surface area (Å²) in [5.41, 5.74) is 9.78. The van der Waals surface area contributed by atoms with Crippen LogP contribution < -0.4 is 27.1 Å². The molecule has 0 spiro atoms. The topological polar surface area (TPSA) is 171 Å². The Kier molecular flexibility index (Phi) is 10.4. The van der Waals surface area contributed by atoms with Gasteiger partial charge in [0.1, 0.15) is 18.8 Å². The normalized spacial score (nSPS) is 10.4. The Morgan fingerprint density at radius 3 is 2.62 bits per heavy atom. The quantitative estimate of drug-likeness (QED) is 0.172. The van der Waals surface area contributed by atoms with E-state index in [4.69, 9.17) is 32.6 Å². The van der Waals surface area contributed by atoms with Crippen LogP contribution >= 0.6 is 11.6 Å². The van der Waals surface area contributed by atoms with E-state index in [2.05, 4.69) is 16.6 Å². The Labute approximate surface area is 191 Å². The van der Waals surface area contributed by atoms with Crippen LogP contribution in [0.3, 0.4) is 0 Å². The van der Waals surface area contributed by atoms with Crippen molar-refractivity contribution in [1.82, 2.24) is 9.88 Å². The average molecular weight is 495 g/mol. The lowest BCUT2D eigenvalue weighted by Gasteiger charge is -2.13. The van der Waals surface area contributed by atoms with Gasteiger partial charge in [0.2, 0.25) is 11.9 Å². The van der Waals surface area contributed by atoms with Crippen molar-refractivity contribution in [2.45, 2.75) is 25.8 Å². The number of hydrogen-bond donors (Lipinski definition) is 4. The molecule has 2 aromatic rings. The molecule has 0 aliphatic rings. The lowest BCUT2D eigenvalue weighted by atomic mass is 10.3. The van der Waals surface area contributed by atoms with Gasteiger partial charge in [0.15, 0.2) is 0 Å². The van der Waals surface area contributed by atoms with Gasteiger partial charge >= 0.3 is 0 Å². The number of benzene rings is 1. The first kappa shape index (κ1) is 26.7. The first-order chi connectivity index (χ1) is 15.1. The number of nitrogens with two attached hydrogens (primary N) is 2. The summed E-state index contributed by atoms with van der Waals surface area (Å²) < 4.78 is 41.4. The van der Waals surface area contributed by atoms with E-state index in [9.17, 15) is 18.0 Å². The van der Waals surface area contributed by atoms with Crippen molar-refractivity contribution in [3.8, 4) is 0 Å². The zero-order chi connectivity index (χ0) is 24.3. The van der Waals surface area contributed by atoms with Crippen LogP contribution in [0.1, 0.15) is 13.1 Å². The van der Waals surface area contributed by atoms with Gasteiger partial charge in [-0.1, -0.05) is 25.1 Å². The Morgan fingerprint density at radius 1 is 1.31 bits per heavy atom. The third-order valence-electron chi connectivity index (χ3n) is 3.73. The second kappa shape index (κ2) is 12.5. The fourth-order valence-electron chi connectivity index (χ4n) is 2.34. The minimum absolute atomic E-state index is 0. The van der Waals surface area contributed by atoms with Crippen LogP contribution in [0.5, 0.6) is 0 Å². The van der Waals surface area contributed by atoms with Crippen LogP contribution in [0, 0.1) is 6.92 Å². The Morgan fingerprint density at radius 2 is 2.00 bits per heavy atom. The van der Waals surface area contributed by atoms with Crippen molar-refractivity contribution in [2.24, 2.45) is 16.6 Å². The summed E-state index contributed by atoms with van der Waals surface area (Å²) in [5.74, 6) is -0.733. The maximum absolute atomic E-state index is 12.7. The van der Waals surface area contributed by atoms with E-state index in [0.29, 0.717) is 5.69 Å². The molecule has 0 unspecified atom stereocenters. The number of halogens is 2. The SMILES string of the molecule is C.Cc1ccc(NS(=O)(=O)c2cccc(Cl)c2)c(=O)n1CC(=O)NCCON=C(N)N.[3H]F. The fourth-order valence-corrected chi connectivity index (χ4v) is 3.70. The lowest BCUT2D eigenvalue weighted by molar-refractivity contribution is -0.122. The van der Waals surface area contributed by atoms with Gasteiger partial charge in [-0.15, -0.1) is 0 Å². The molecule has 1 amide bonds. The van der Waals surface area contributed by atoms with Crippen LogP contribution in [0.2, 0.25) is 5.02 Å². The molecule has 178 valence electrons. The number of carbonyl (C=O) groups is 1. The monoisotopic (exact) mass is 494 g/mol. The number of hydrogen-bond acceptors (Lipinski definition) is 6. The first-order valence-electron chi connectivity index (χ1n) is 8.94. The molecule has 1 heterocycles. The third kappa shape index (κ3) is 8.07. The molecule has 14 heteroatoms. The molecule has 0 saturated heterocycles. The number of nitrogens with zero attached hydrogens (tertiary/aromatic N) is 2. The largest absolute Gasteiger partial charge is 0.391 e. The number of aryl methyl sites for hydroxylation is 1. The van der Waals surface area contributed by atoms with Gasteiger partial charge in [0.25, 0.3) is 17.0 Å². The van der Waals surface area contributed by atoms with Gasteiger partial charge in [0.05, 0.1) is 11.4 Å². The zero-order valence-corrected chi connectivity index (χ0v) is 17.9. The molecule has 6 N–H and O–H groups in total. The summed E-state index contributed by atoms with van der Waals surface area (Å²) >= 11 is 5.83. The maximum atomic E-state index is 12.7. The molecule has 0 fully saturated rings. The molecule has 0 atom stereocenters. The number of rotatable bonds is 9. The number of carbonyl (C=O) groups excluding carboxylic acids is 1. The molecule has 0 bridgehead atoms. The van der Waals surface area contributed by atoms with E-state index in [0.717, 1.165) is 4.57 Å². The second-order valence-corrected chi connectivity index (χ2v) is 8.16.